The van der Waals surface area contributed by atoms with Gasteiger partial charge in [0.05, 0.1) is 5.41 Å². The van der Waals surface area contributed by atoms with Crippen molar-refractivity contribution in [2.45, 2.75) is 46.0 Å². The van der Waals surface area contributed by atoms with Gasteiger partial charge in [0.1, 0.15) is 0 Å². The molecule has 0 radical (unpaired) electrons. The summed E-state index contributed by atoms with van der Waals surface area (Å²) in [5.74, 6) is 0.705. The molecule has 4 rings (SSSR count). The molecule has 2 aliphatic rings. The lowest BCUT2D eigenvalue weighted by Gasteiger charge is -2.31. The van der Waals surface area contributed by atoms with Gasteiger partial charge >= 0.3 is 0 Å². The van der Waals surface area contributed by atoms with Crippen LogP contribution >= 0.6 is 0 Å². The van der Waals surface area contributed by atoms with Gasteiger partial charge in [-0.15, -0.1) is 0 Å². The molecule has 1 aliphatic heterocycles. The third kappa shape index (κ3) is 5.35. The highest BCUT2D eigenvalue weighted by atomic mass is 16.2. The van der Waals surface area contributed by atoms with Gasteiger partial charge in [0.15, 0.2) is 0 Å². The Labute approximate surface area is 197 Å². The molecule has 0 saturated carbocycles. The summed E-state index contributed by atoms with van der Waals surface area (Å²) in [6.45, 7) is 5.99. The first-order valence-corrected chi connectivity index (χ1v) is 12.2. The second kappa shape index (κ2) is 10.3. The molecule has 5 heteroatoms. The van der Waals surface area contributed by atoms with Crippen molar-refractivity contribution in [2.24, 2.45) is 17.3 Å². The first-order chi connectivity index (χ1) is 16.0. The van der Waals surface area contributed by atoms with E-state index in [1.165, 1.54) is 0 Å². The van der Waals surface area contributed by atoms with Crippen LogP contribution in [0.5, 0.6) is 0 Å². The molecule has 0 unspecified atom stereocenters. The molecule has 0 bridgehead atoms. The molecule has 1 aromatic carbocycles. The first kappa shape index (κ1) is 23.2. The lowest BCUT2D eigenvalue weighted by Crippen LogP contribution is -2.46. The lowest BCUT2D eigenvalue weighted by atomic mass is 9.78. The second-order valence-electron chi connectivity index (χ2n) is 9.95. The standard InChI is InChI=1S/C28H35N3O2/c1-21(2)19-30-27(33)28(14-17-31(20-28)26(32)23-8-4-3-5-9-23)18-24-10-6-7-11-25(24)22-12-15-29-16-13-22/h3-4,6-7,10-13,15-16,21,23H,5,8-9,14,17-20H2,1-2H3,(H,30,33)/t23-,28+/m1/s1. The van der Waals surface area contributed by atoms with Gasteiger partial charge in [-0.1, -0.05) is 50.3 Å². The molecule has 1 aliphatic carbocycles. The van der Waals surface area contributed by atoms with Crippen molar-refractivity contribution in [3.05, 3.63) is 66.5 Å². The minimum absolute atomic E-state index is 0.0497. The molecule has 0 spiro atoms. The van der Waals surface area contributed by atoms with Gasteiger partial charge < -0.3 is 10.2 Å². The summed E-state index contributed by atoms with van der Waals surface area (Å²) in [7, 11) is 0. The quantitative estimate of drug-likeness (QED) is 0.632. The van der Waals surface area contributed by atoms with Crippen LogP contribution in [0.1, 0.15) is 45.1 Å². The molecular formula is C28H35N3O2. The third-order valence-corrected chi connectivity index (χ3v) is 6.97. The topological polar surface area (TPSA) is 62.3 Å². The van der Waals surface area contributed by atoms with Crippen molar-refractivity contribution in [1.29, 1.82) is 0 Å². The molecule has 2 amide bonds. The number of hydrogen-bond donors (Lipinski definition) is 1. The van der Waals surface area contributed by atoms with Gasteiger partial charge in [0, 0.05) is 37.9 Å². The fraction of sp³-hybridized carbons (Fsp3) is 0.464. The van der Waals surface area contributed by atoms with Crippen molar-refractivity contribution in [3.8, 4) is 11.1 Å². The summed E-state index contributed by atoms with van der Waals surface area (Å²) in [5.41, 5.74) is 2.74. The zero-order chi connectivity index (χ0) is 23.3. The van der Waals surface area contributed by atoms with E-state index in [0.717, 1.165) is 36.0 Å². The Morgan fingerprint density at radius 2 is 1.94 bits per heavy atom. The summed E-state index contributed by atoms with van der Waals surface area (Å²) >= 11 is 0. The maximum atomic E-state index is 13.6. The van der Waals surface area contributed by atoms with Crippen LogP contribution in [0.15, 0.2) is 60.9 Å². The molecule has 5 nitrogen and oxygen atoms in total. The number of aromatic nitrogens is 1. The fourth-order valence-electron chi connectivity index (χ4n) is 5.08. The van der Waals surface area contributed by atoms with E-state index in [4.69, 9.17) is 0 Å². The van der Waals surface area contributed by atoms with E-state index in [1.54, 1.807) is 12.4 Å². The average Bonchev–Trinajstić information content (AvgIpc) is 3.28. The first-order valence-electron chi connectivity index (χ1n) is 12.2. The minimum Gasteiger partial charge on any atom is -0.355 e. The third-order valence-electron chi connectivity index (χ3n) is 6.97. The van der Waals surface area contributed by atoms with Crippen molar-refractivity contribution < 1.29 is 9.59 Å². The Morgan fingerprint density at radius 3 is 2.67 bits per heavy atom. The van der Waals surface area contributed by atoms with Crippen LogP contribution in [-0.2, 0) is 16.0 Å². The number of hydrogen-bond acceptors (Lipinski definition) is 3. The Morgan fingerprint density at radius 1 is 1.15 bits per heavy atom. The van der Waals surface area contributed by atoms with E-state index in [9.17, 15) is 9.59 Å². The number of amides is 2. The van der Waals surface area contributed by atoms with E-state index in [1.807, 2.05) is 29.2 Å². The molecule has 2 atom stereocenters. The van der Waals surface area contributed by atoms with E-state index in [0.29, 0.717) is 38.4 Å². The maximum Gasteiger partial charge on any atom is 0.228 e. The number of benzene rings is 1. The van der Waals surface area contributed by atoms with E-state index in [-0.39, 0.29) is 17.7 Å². The minimum atomic E-state index is -0.613. The van der Waals surface area contributed by atoms with Gasteiger partial charge in [0.2, 0.25) is 11.8 Å². The number of allylic oxidation sites excluding steroid dienone is 2. The highest BCUT2D eigenvalue weighted by molar-refractivity contribution is 5.87. The summed E-state index contributed by atoms with van der Waals surface area (Å²) in [6.07, 6.45) is 11.9. The number of pyridine rings is 1. The Kier molecular flexibility index (Phi) is 7.26. The number of nitrogens with zero attached hydrogens (tertiary/aromatic N) is 2. The van der Waals surface area contributed by atoms with Crippen LogP contribution in [0.25, 0.3) is 11.1 Å². The molecule has 2 heterocycles. The Bertz CT molecular complexity index is 1000. The number of nitrogens with one attached hydrogen (secondary N) is 1. The van der Waals surface area contributed by atoms with Crippen molar-refractivity contribution >= 4 is 11.8 Å². The molecular weight excluding hydrogens is 410 g/mol. The van der Waals surface area contributed by atoms with Gasteiger partial charge in [-0.3, -0.25) is 14.6 Å². The van der Waals surface area contributed by atoms with Crippen LogP contribution in [0.2, 0.25) is 0 Å². The normalized spacial score (nSPS) is 22.5. The van der Waals surface area contributed by atoms with Gasteiger partial charge in [-0.2, -0.15) is 0 Å². The van der Waals surface area contributed by atoms with Gasteiger partial charge in [-0.25, -0.2) is 0 Å². The fourth-order valence-corrected chi connectivity index (χ4v) is 5.08. The van der Waals surface area contributed by atoms with Crippen LogP contribution in [0, 0.1) is 17.3 Å². The summed E-state index contributed by atoms with van der Waals surface area (Å²) in [5, 5.41) is 3.19. The highest BCUT2D eigenvalue weighted by Gasteiger charge is 2.47. The zero-order valence-electron chi connectivity index (χ0n) is 19.8. The molecule has 2 aromatic rings. The molecule has 1 N–H and O–H groups in total. The number of likely N-dealkylation sites (tertiary alicyclic amines) is 1. The van der Waals surface area contributed by atoms with Gasteiger partial charge in [0.25, 0.3) is 0 Å². The van der Waals surface area contributed by atoms with Crippen molar-refractivity contribution in [1.82, 2.24) is 15.2 Å². The van der Waals surface area contributed by atoms with Crippen LogP contribution in [0.3, 0.4) is 0 Å². The number of carbonyl (C=O) groups is 2. The zero-order valence-corrected chi connectivity index (χ0v) is 19.8. The predicted octanol–water partition coefficient (Wildman–Crippen LogP) is 4.64. The summed E-state index contributed by atoms with van der Waals surface area (Å²) in [4.78, 5) is 33.0. The van der Waals surface area contributed by atoms with Gasteiger partial charge in [-0.05, 0) is 66.8 Å². The Balaban J connectivity index is 1.61. The van der Waals surface area contributed by atoms with Crippen molar-refractivity contribution in [3.63, 3.8) is 0 Å². The summed E-state index contributed by atoms with van der Waals surface area (Å²) in [6, 6.07) is 12.3. The second-order valence-corrected chi connectivity index (χ2v) is 9.95. The SMILES string of the molecule is CC(C)CNC(=O)[C@]1(Cc2ccccc2-c2ccncc2)CCN(C(=O)[C@@H]2CC=CCC2)C1. The Hall–Kier alpha value is -2.95. The van der Waals surface area contributed by atoms with E-state index in [2.05, 4.69) is 48.4 Å². The number of carbonyl (C=O) groups excluding carboxylic acids is 2. The van der Waals surface area contributed by atoms with Crippen LogP contribution in [0.4, 0.5) is 0 Å². The number of rotatable bonds is 7. The summed E-state index contributed by atoms with van der Waals surface area (Å²) < 4.78 is 0. The van der Waals surface area contributed by atoms with Crippen LogP contribution in [-0.4, -0.2) is 41.3 Å². The largest absolute Gasteiger partial charge is 0.355 e. The molecule has 1 fully saturated rings. The molecule has 174 valence electrons. The monoisotopic (exact) mass is 445 g/mol. The van der Waals surface area contributed by atoms with Crippen LogP contribution < -0.4 is 5.32 Å². The molecule has 1 saturated heterocycles. The van der Waals surface area contributed by atoms with E-state index >= 15 is 0 Å². The molecule has 33 heavy (non-hydrogen) atoms. The van der Waals surface area contributed by atoms with E-state index < -0.39 is 5.41 Å². The van der Waals surface area contributed by atoms with Crippen molar-refractivity contribution in [2.75, 3.05) is 19.6 Å². The predicted molar refractivity (Wildman–Crippen MR) is 131 cm³/mol. The maximum absolute atomic E-state index is 13.6. The average molecular weight is 446 g/mol. The lowest BCUT2D eigenvalue weighted by molar-refractivity contribution is -0.136. The molecule has 1 aromatic heterocycles. The smallest absolute Gasteiger partial charge is 0.228 e. The highest BCUT2D eigenvalue weighted by Crippen LogP contribution is 2.38.